The van der Waals surface area contributed by atoms with Crippen molar-refractivity contribution in [3.05, 3.63) is 34.9 Å². The lowest BCUT2D eigenvalue weighted by Gasteiger charge is -2.34. The first-order chi connectivity index (χ1) is 8.68. The van der Waals surface area contributed by atoms with Gasteiger partial charge in [0.2, 0.25) is 0 Å². The number of hydrogen-bond acceptors (Lipinski definition) is 2. The lowest BCUT2D eigenvalue weighted by Crippen LogP contribution is -2.50. The molecule has 0 spiro atoms. The second-order valence-corrected chi connectivity index (χ2v) is 6.97. The first-order valence-electron chi connectivity index (χ1n) is 7.15. The van der Waals surface area contributed by atoms with Crippen LogP contribution in [0.3, 0.4) is 0 Å². The predicted octanol–water partition coefficient (Wildman–Crippen LogP) is 3.17. The van der Waals surface area contributed by atoms with Crippen molar-refractivity contribution >= 4 is 0 Å². The molecule has 0 bridgehead atoms. The fourth-order valence-electron chi connectivity index (χ4n) is 2.63. The Kier molecular flexibility index (Phi) is 5.17. The van der Waals surface area contributed by atoms with Crippen molar-refractivity contribution in [2.24, 2.45) is 0 Å². The maximum atomic E-state index is 3.68. The third kappa shape index (κ3) is 4.63. The SMILES string of the molecule is CNCC(C)(C)NCC(C)(C)c1ccc(C)cc1C. The zero-order valence-electron chi connectivity index (χ0n) is 13.6. The predicted molar refractivity (Wildman–Crippen MR) is 85.0 cm³/mol. The zero-order valence-corrected chi connectivity index (χ0v) is 13.6. The van der Waals surface area contributed by atoms with Crippen LogP contribution in [0.15, 0.2) is 18.2 Å². The van der Waals surface area contributed by atoms with E-state index in [0.717, 1.165) is 13.1 Å². The van der Waals surface area contributed by atoms with Crippen LogP contribution in [-0.4, -0.2) is 25.7 Å². The molecular formula is C17H30N2. The van der Waals surface area contributed by atoms with Gasteiger partial charge in [-0.25, -0.2) is 0 Å². The molecule has 0 unspecified atom stereocenters. The van der Waals surface area contributed by atoms with Crippen LogP contribution in [0.2, 0.25) is 0 Å². The minimum atomic E-state index is 0.116. The van der Waals surface area contributed by atoms with E-state index in [0.29, 0.717) is 0 Å². The summed E-state index contributed by atoms with van der Waals surface area (Å²) in [5.41, 5.74) is 4.41. The molecule has 0 atom stereocenters. The Bertz CT molecular complexity index is 419. The largest absolute Gasteiger partial charge is 0.318 e. The van der Waals surface area contributed by atoms with Gasteiger partial charge in [-0.1, -0.05) is 37.6 Å². The van der Waals surface area contributed by atoms with Gasteiger partial charge in [0, 0.05) is 24.0 Å². The average Bonchev–Trinajstić information content (AvgIpc) is 2.26. The third-order valence-corrected chi connectivity index (χ3v) is 3.74. The van der Waals surface area contributed by atoms with E-state index >= 15 is 0 Å². The fraction of sp³-hybridized carbons (Fsp3) is 0.647. The third-order valence-electron chi connectivity index (χ3n) is 3.74. The van der Waals surface area contributed by atoms with E-state index in [-0.39, 0.29) is 11.0 Å². The molecule has 0 amide bonds. The molecule has 0 saturated heterocycles. The van der Waals surface area contributed by atoms with Gasteiger partial charge < -0.3 is 10.6 Å². The molecule has 1 aromatic carbocycles. The normalized spacial score (nSPS) is 12.8. The molecule has 0 fully saturated rings. The number of benzene rings is 1. The van der Waals surface area contributed by atoms with E-state index in [9.17, 15) is 0 Å². The van der Waals surface area contributed by atoms with Gasteiger partial charge in [-0.05, 0) is 45.9 Å². The molecule has 19 heavy (non-hydrogen) atoms. The molecule has 0 aliphatic heterocycles. The summed E-state index contributed by atoms with van der Waals surface area (Å²) in [5.74, 6) is 0. The molecule has 2 heteroatoms. The van der Waals surface area contributed by atoms with Crippen LogP contribution in [-0.2, 0) is 5.41 Å². The van der Waals surface area contributed by atoms with Crippen molar-refractivity contribution in [2.75, 3.05) is 20.1 Å². The quantitative estimate of drug-likeness (QED) is 0.823. The van der Waals surface area contributed by atoms with Crippen LogP contribution >= 0.6 is 0 Å². The summed E-state index contributed by atoms with van der Waals surface area (Å²) < 4.78 is 0. The zero-order chi connectivity index (χ0) is 14.7. The Balaban J connectivity index is 2.80. The highest BCUT2D eigenvalue weighted by atomic mass is 15.0. The molecule has 2 nitrogen and oxygen atoms in total. The summed E-state index contributed by atoms with van der Waals surface area (Å²) >= 11 is 0. The van der Waals surface area contributed by atoms with Gasteiger partial charge >= 0.3 is 0 Å². The molecule has 0 aliphatic rings. The van der Waals surface area contributed by atoms with Crippen molar-refractivity contribution in [1.82, 2.24) is 10.6 Å². The topological polar surface area (TPSA) is 24.1 Å². The maximum absolute atomic E-state index is 3.68. The van der Waals surface area contributed by atoms with E-state index in [1.165, 1.54) is 16.7 Å². The van der Waals surface area contributed by atoms with Crippen LogP contribution in [0.5, 0.6) is 0 Å². The highest BCUT2D eigenvalue weighted by Crippen LogP contribution is 2.26. The van der Waals surface area contributed by atoms with Crippen LogP contribution in [0.1, 0.15) is 44.4 Å². The molecule has 0 radical (unpaired) electrons. The number of aryl methyl sites for hydroxylation is 2. The number of hydrogen-bond donors (Lipinski definition) is 2. The maximum Gasteiger partial charge on any atom is 0.0249 e. The lowest BCUT2D eigenvalue weighted by molar-refractivity contribution is 0.332. The Morgan fingerprint density at radius 2 is 1.63 bits per heavy atom. The number of rotatable bonds is 6. The van der Waals surface area contributed by atoms with E-state index in [1.807, 2.05) is 7.05 Å². The first-order valence-corrected chi connectivity index (χ1v) is 7.15. The molecule has 108 valence electrons. The van der Waals surface area contributed by atoms with E-state index < -0.39 is 0 Å². The molecule has 1 aromatic rings. The van der Waals surface area contributed by atoms with Gasteiger partial charge in [-0.2, -0.15) is 0 Å². The monoisotopic (exact) mass is 262 g/mol. The summed E-state index contributed by atoms with van der Waals surface area (Å²) in [7, 11) is 2.00. The van der Waals surface area contributed by atoms with Crippen molar-refractivity contribution in [3.63, 3.8) is 0 Å². The highest BCUT2D eigenvalue weighted by molar-refractivity contribution is 5.35. The van der Waals surface area contributed by atoms with E-state index in [2.05, 4.69) is 70.4 Å². The van der Waals surface area contributed by atoms with Crippen molar-refractivity contribution < 1.29 is 0 Å². The smallest absolute Gasteiger partial charge is 0.0249 e. The Morgan fingerprint density at radius 1 is 1.00 bits per heavy atom. The molecule has 0 heterocycles. The molecule has 1 rings (SSSR count). The first kappa shape index (κ1) is 16.2. The van der Waals surface area contributed by atoms with Gasteiger partial charge in [-0.3, -0.25) is 0 Å². The molecule has 0 saturated carbocycles. The summed E-state index contributed by atoms with van der Waals surface area (Å²) in [6.45, 7) is 15.4. The molecule has 0 aromatic heterocycles. The second-order valence-electron chi connectivity index (χ2n) is 6.97. The average molecular weight is 262 g/mol. The van der Waals surface area contributed by atoms with Crippen molar-refractivity contribution in [2.45, 2.75) is 52.5 Å². The molecule has 2 N–H and O–H groups in total. The van der Waals surface area contributed by atoms with Crippen LogP contribution < -0.4 is 10.6 Å². The van der Waals surface area contributed by atoms with E-state index in [1.54, 1.807) is 0 Å². The van der Waals surface area contributed by atoms with Crippen LogP contribution in [0.25, 0.3) is 0 Å². The van der Waals surface area contributed by atoms with Gasteiger partial charge in [0.15, 0.2) is 0 Å². The highest BCUT2D eigenvalue weighted by Gasteiger charge is 2.25. The van der Waals surface area contributed by atoms with Crippen molar-refractivity contribution in [1.29, 1.82) is 0 Å². The van der Waals surface area contributed by atoms with Gasteiger partial charge in [0.25, 0.3) is 0 Å². The van der Waals surface area contributed by atoms with Gasteiger partial charge in [0.05, 0.1) is 0 Å². The Morgan fingerprint density at radius 3 is 2.16 bits per heavy atom. The van der Waals surface area contributed by atoms with Gasteiger partial charge in [-0.15, -0.1) is 0 Å². The van der Waals surface area contributed by atoms with E-state index in [4.69, 9.17) is 0 Å². The number of likely N-dealkylation sites (N-methyl/N-ethyl adjacent to an activating group) is 1. The second kappa shape index (κ2) is 6.06. The standard InChI is InChI=1S/C17H30N2/c1-13-8-9-15(14(2)10-13)16(3,4)11-19-17(5,6)12-18-7/h8-10,18-19H,11-12H2,1-7H3. The summed E-state index contributed by atoms with van der Waals surface area (Å²) in [5, 5.41) is 6.92. The summed E-state index contributed by atoms with van der Waals surface area (Å²) in [4.78, 5) is 0. The number of nitrogens with one attached hydrogen (secondary N) is 2. The van der Waals surface area contributed by atoms with Crippen LogP contribution in [0.4, 0.5) is 0 Å². The van der Waals surface area contributed by atoms with Crippen molar-refractivity contribution in [3.8, 4) is 0 Å². The minimum Gasteiger partial charge on any atom is -0.318 e. The van der Waals surface area contributed by atoms with Crippen LogP contribution in [0, 0.1) is 13.8 Å². The fourth-order valence-corrected chi connectivity index (χ4v) is 2.63. The molecule has 0 aliphatic carbocycles. The summed E-state index contributed by atoms with van der Waals surface area (Å²) in [6, 6.07) is 6.76. The summed E-state index contributed by atoms with van der Waals surface area (Å²) in [6.07, 6.45) is 0. The van der Waals surface area contributed by atoms with Gasteiger partial charge in [0.1, 0.15) is 0 Å². The minimum absolute atomic E-state index is 0.116. The Labute approximate surface area is 119 Å². The lowest BCUT2D eigenvalue weighted by atomic mass is 9.81. The molecular weight excluding hydrogens is 232 g/mol. The Hall–Kier alpha value is -0.860.